The Hall–Kier alpha value is -0.640. The van der Waals surface area contributed by atoms with Crippen molar-refractivity contribution in [2.24, 2.45) is 5.92 Å². The van der Waals surface area contributed by atoms with Gasteiger partial charge < -0.3 is 19.7 Å². The van der Waals surface area contributed by atoms with Crippen molar-refractivity contribution in [1.29, 1.82) is 0 Å². The van der Waals surface area contributed by atoms with Crippen LogP contribution < -0.4 is 9.47 Å². The molecule has 188 valence electrons. The monoisotopic (exact) mass is 540 g/mol. The van der Waals surface area contributed by atoms with Crippen LogP contribution in [0.3, 0.4) is 0 Å². The van der Waals surface area contributed by atoms with Crippen LogP contribution in [0.1, 0.15) is 33.1 Å². The average molecular weight is 541 g/mol. The van der Waals surface area contributed by atoms with Gasteiger partial charge in [0.25, 0.3) is 0 Å². The second-order valence-corrected chi connectivity index (χ2v) is 14.4. The van der Waals surface area contributed by atoms with Crippen molar-refractivity contribution in [3.05, 3.63) is 48.5 Å². The summed E-state index contributed by atoms with van der Waals surface area (Å²) >= 11 is 7.54. The number of aliphatic hydroxyl groups is 2. The number of hydrogen-bond acceptors (Lipinski definition) is 8. The normalized spacial score (nSPS) is 28.3. The van der Waals surface area contributed by atoms with Crippen molar-refractivity contribution >= 4 is 47.0 Å². The Morgan fingerprint density at radius 3 is 1.68 bits per heavy atom. The largest absolute Gasteiger partial charge is 0.497 e. The molecule has 6 atom stereocenters. The molecule has 2 aliphatic rings. The maximum Gasteiger partial charge on any atom is 0.118 e. The van der Waals surface area contributed by atoms with E-state index in [-0.39, 0.29) is 18.0 Å². The van der Waals surface area contributed by atoms with Crippen LogP contribution in [-0.2, 0) is 0 Å². The molecule has 8 heteroatoms. The van der Waals surface area contributed by atoms with Crippen molar-refractivity contribution < 1.29 is 19.7 Å². The van der Waals surface area contributed by atoms with E-state index in [0.717, 1.165) is 38.6 Å². The summed E-state index contributed by atoms with van der Waals surface area (Å²) < 4.78 is 11.3. The maximum atomic E-state index is 9.71. The van der Waals surface area contributed by atoms with Crippen molar-refractivity contribution in [1.82, 2.24) is 0 Å². The number of benzene rings is 2. The lowest BCUT2D eigenvalue weighted by molar-refractivity contribution is 0.144. The van der Waals surface area contributed by atoms with E-state index in [1.165, 1.54) is 17.7 Å². The highest BCUT2D eigenvalue weighted by atomic mass is 32.2. The summed E-state index contributed by atoms with van der Waals surface area (Å²) in [5.41, 5.74) is 0. The van der Waals surface area contributed by atoms with Gasteiger partial charge in [0.05, 0.1) is 41.3 Å². The smallest absolute Gasteiger partial charge is 0.118 e. The Kier molecular flexibility index (Phi) is 11.7. The molecule has 2 N–H and O–H groups in total. The van der Waals surface area contributed by atoms with Gasteiger partial charge in [-0.3, -0.25) is 0 Å². The zero-order valence-corrected chi connectivity index (χ0v) is 23.5. The molecule has 2 heterocycles. The highest BCUT2D eigenvalue weighted by molar-refractivity contribution is 8.18. The topological polar surface area (TPSA) is 58.9 Å². The predicted molar refractivity (Wildman–Crippen MR) is 150 cm³/mol. The van der Waals surface area contributed by atoms with Crippen LogP contribution in [-0.4, -0.2) is 56.8 Å². The van der Waals surface area contributed by atoms with Gasteiger partial charge in [-0.1, -0.05) is 13.8 Å². The minimum atomic E-state index is -0.388. The molecule has 34 heavy (non-hydrogen) atoms. The number of ether oxygens (including phenoxy) is 2. The fourth-order valence-electron chi connectivity index (χ4n) is 3.96. The van der Waals surface area contributed by atoms with E-state index in [9.17, 15) is 5.11 Å². The lowest BCUT2D eigenvalue weighted by Gasteiger charge is -2.10. The van der Waals surface area contributed by atoms with E-state index in [2.05, 4.69) is 37.7 Å². The van der Waals surface area contributed by atoms with E-state index in [1.807, 2.05) is 48.2 Å². The summed E-state index contributed by atoms with van der Waals surface area (Å²) in [7, 11) is 3.36. The molecule has 2 saturated heterocycles. The molecular weight excluding hydrogens is 505 g/mol. The summed E-state index contributed by atoms with van der Waals surface area (Å²) in [4.78, 5) is 2.52. The van der Waals surface area contributed by atoms with Gasteiger partial charge in [-0.25, -0.2) is 0 Å². The van der Waals surface area contributed by atoms with Crippen LogP contribution in [0.5, 0.6) is 11.5 Å². The van der Waals surface area contributed by atoms with Crippen molar-refractivity contribution in [2.45, 2.75) is 68.7 Å². The highest BCUT2D eigenvalue weighted by Crippen LogP contribution is 2.47. The molecule has 0 aliphatic carbocycles. The van der Waals surface area contributed by atoms with Crippen LogP contribution in [0.4, 0.5) is 0 Å². The third-order valence-electron chi connectivity index (χ3n) is 5.95. The van der Waals surface area contributed by atoms with Gasteiger partial charge in [-0.15, -0.1) is 47.0 Å². The Morgan fingerprint density at radius 1 is 0.824 bits per heavy atom. The zero-order valence-electron chi connectivity index (χ0n) is 20.3. The molecule has 2 fully saturated rings. The van der Waals surface area contributed by atoms with Gasteiger partial charge in [-0.2, -0.15) is 0 Å². The van der Waals surface area contributed by atoms with Crippen LogP contribution in [0, 0.1) is 5.92 Å². The first-order chi connectivity index (χ1) is 16.4. The Bertz CT molecular complexity index is 777. The van der Waals surface area contributed by atoms with Crippen LogP contribution in [0.15, 0.2) is 58.3 Å². The molecule has 2 aliphatic heterocycles. The van der Waals surface area contributed by atoms with Crippen LogP contribution in [0.2, 0.25) is 0 Å². The molecule has 4 nitrogen and oxygen atoms in total. The molecule has 4 rings (SSSR count). The Labute approximate surface area is 221 Å². The maximum absolute atomic E-state index is 9.71. The SMILES string of the molecule is CC[C@H]1SC(Sc2ccc(OC)cc2)C[C@@H]1C.COc1ccc(SC2C[C@H](O)[C@@H](CO)S2)cc1. The standard InChI is InChI=1S/C14H20OS2.C12H16O3S2/c1-4-13-10(2)9-14(17-13)16-12-7-5-11(15-3)6-8-12;1-15-8-2-4-9(5-3-8)16-12-6-10(14)11(7-13)17-12/h5-8,10,13-14H,4,9H2,1-3H3;2-5,10-14H,6-7H2,1H3/t10-,13+,14?;10-,11+,12?/m00/s1. The van der Waals surface area contributed by atoms with Crippen LogP contribution >= 0.6 is 47.0 Å². The molecule has 0 saturated carbocycles. The minimum absolute atomic E-state index is 0.0363. The first-order valence-electron chi connectivity index (χ1n) is 11.7. The van der Waals surface area contributed by atoms with Gasteiger partial charge >= 0.3 is 0 Å². The lowest BCUT2D eigenvalue weighted by Crippen LogP contribution is -2.20. The molecule has 2 unspecified atom stereocenters. The number of hydrogen-bond donors (Lipinski definition) is 2. The van der Waals surface area contributed by atoms with Gasteiger partial charge in [0, 0.05) is 15.0 Å². The quantitative estimate of drug-likeness (QED) is 0.387. The zero-order chi connectivity index (χ0) is 24.5. The van der Waals surface area contributed by atoms with E-state index >= 15 is 0 Å². The van der Waals surface area contributed by atoms with E-state index in [1.54, 1.807) is 37.7 Å². The Balaban J connectivity index is 0.000000191. The molecule has 2 aromatic carbocycles. The number of thioether (sulfide) groups is 4. The summed E-state index contributed by atoms with van der Waals surface area (Å²) in [6.45, 7) is 4.73. The van der Waals surface area contributed by atoms with Crippen molar-refractivity contribution in [3.63, 3.8) is 0 Å². The van der Waals surface area contributed by atoms with Crippen LogP contribution in [0.25, 0.3) is 0 Å². The van der Waals surface area contributed by atoms with E-state index in [0.29, 0.717) is 4.58 Å². The van der Waals surface area contributed by atoms with Gasteiger partial charge in [0.15, 0.2) is 0 Å². The molecule has 0 aromatic heterocycles. The van der Waals surface area contributed by atoms with Gasteiger partial charge in [0.2, 0.25) is 0 Å². The number of methoxy groups -OCH3 is 2. The van der Waals surface area contributed by atoms with E-state index < -0.39 is 0 Å². The molecule has 0 amide bonds. The first kappa shape index (κ1) is 27.9. The summed E-state index contributed by atoms with van der Waals surface area (Å²) in [6, 6.07) is 16.3. The number of aliphatic hydroxyl groups excluding tert-OH is 2. The summed E-state index contributed by atoms with van der Waals surface area (Å²) in [5, 5.41) is 19.6. The van der Waals surface area contributed by atoms with Gasteiger partial charge in [-0.05, 0) is 73.7 Å². The highest BCUT2D eigenvalue weighted by Gasteiger charge is 2.33. The fraction of sp³-hybridized carbons (Fsp3) is 0.538. The molecule has 0 radical (unpaired) electrons. The Morgan fingerprint density at radius 2 is 1.29 bits per heavy atom. The second kappa shape index (κ2) is 14.2. The molecular formula is C26H36O4S4. The average Bonchev–Trinajstić information content (AvgIpc) is 3.40. The molecule has 2 aromatic rings. The first-order valence-corrected chi connectivity index (χ1v) is 15.3. The van der Waals surface area contributed by atoms with Gasteiger partial charge in [0.1, 0.15) is 11.5 Å². The molecule has 0 bridgehead atoms. The van der Waals surface area contributed by atoms with Crippen molar-refractivity contribution in [2.75, 3.05) is 20.8 Å². The fourth-order valence-corrected chi connectivity index (χ4v) is 10.3. The number of rotatable bonds is 8. The van der Waals surface area contributed by atoms with Crippen molar-refractivity contribution in [3.8, 4) is 11.5 Å². The third kappa shape index (κ3) is 8.20. The second-order valence-electron chi connectivity index (χ2n) is 8.40. The summed E-state index contributed by atoms with van der Waals surface area (Å²) in [6.07, 6.45) is 2.97. The lowest BCUT2D eigenvalue weighted by atomic mass is 10.0. The minimum Gasteiger partial charge on any atom is -0.497 e. The third-order valence-corrected chi connectivity index (χ3v) is 12.1. The molecule has 0 spiro atoms. The predicted octanol–water partition coefficient (Wildman–Crippen LogP) is 6.64. The van der Waals surface area contributed by atoms with E-state index in [4.69, 9.17) is 14.6 Å². The summed E-state index contributed by atoms with van der Waals surface area (Å²) in [5.74, 6) is 2.65.